The van der Waals surface area contributed by atoms with Gasteiger partial charge in [0.25, 0.3) is 5.91 Å². The number of methoxy groups -OCH3 is 1. The molecule has 0 aliphatic heterocycles. The maximum absolute atomic E-state index is 12.3. The van der Waals surface area contributed by atoms with Gasteiger partial charge in [-0.25, -0.2) is 14.5 Å². The first kappa shape index (κ1) is 16.6. The van der Waals surface area contributed by atoms with Gasteiger partial charge in [-0.15, -0.1) is 0 Å². The summed E-state index contributed by atoms with van der Waals surface area (Å²) in [5.74, 6) is -1.52. The van der Waals surface area contributed by atoms with Gasteiger partial charge in [0.2, 0.25) is 0 Å². The zero-order chi connectivity index (χ0) is 16.8. The van der Waals surface area contributed by atoms with E-state index in [1.807, 2.05) is 0 Å². The molecule has 122 valence electrons. The molecule has 8 nitrogen and oxygen atoms in total. The molecule has 1 amide bonds. The molecular formula is C15H18N4O4. The van der Waals surface area contributed by atoms with E-state index in [0.717, 1.165) is 5.69 Å². The first-order valence-corrected chi connectivity index (χ1v) is 7.01. The van der Waals surface area contributed by atoms with E-state index in [-0.39, 0.29) is 13.0 Å². The Kier molecular flexibility index (Phi) is 5.42. The molecule has 0 radical (unpaired) electrons. The van der Waals surface area contributed by atoms with Crippen LogP contribution >= 0.6 is 0 Å². The highest BCUT2D eigenvalue weighted by molar-refractivity contribution is 5.98. The van der Waals surface area contributed by atoms with Crippen LogP contribution in [0.15, 0.2) is 30.9 Å². The van der Waals surface area contributed by atoms with Gasteiger partial charge < -0.3 is 15.2 Å². The van der Waals surface area contributed by atoms with Crippen molar-refractivity contribution in [3.05, 3.63) is 42.0 Å². The summed E-state index contributed by atoms with van der Waals surface area (Å²) in [6, 6.07) is 4.16. The molecule has 0 bridgehead atoms. The van der Waals surface area contributed by atoms with Crippen LogP contribution in [0.1, 0.15) is 22.3 Å². The number of carboxylic acid groups (broad SMARTS) is 1. The smallest absolute Gasteiger partial charge is 0.326 e. The van der Waals surface area contributed by atoms with Crippen molar-refractivity contribution >= 4 is 11.9 Å². The third kappa shape index (κ3) is 4.13. The fourth-order valence-electron chi connectivity index (χ4n) is 2.12. The highest BCUT2D eigenvalue weighted by atomic mass is 16.5. The average Bonchev–Trinajstić information content (AvgIpc) is 3.05. The lowest BCUT2D eigenvalue weighted by atomic mass is 10.1. The normalized spacial score (nSPS) is 11.9. The molecule has 2 aromatic rings. The number of ether oxygens (including phenoxy) is 1. The summed E-state index contributed by atoms with van der Waals surface area (Å²) in [6.07, 6.45) is 3.18. The molecule has 0 saturated carbocycles. The van der Waals surface area contributed by atoms with Gasteiger partial charge in [0.05, 0.1) is 5.69 Å². The Labute approximate surface area is 133 Å². The summed E-state index contributed by atoms with van der Waals surface area (Å²) in [5, 5.41) is 15.7. The molecule has 8 heteroatoms. The van der Waals surface area contributed by atoms with E-state index in [1.165, 1.54) is 13.4 Å². The van der Waals surface area contributed by atoms with Crippen molar-refractivity contribution < 1.29 is 19.4 Å². The molecule has 23 heavy (non-hydrogen) atoms. The minimum absolute atomic E-state index is 0.202. The molecule has 1 aromatic carbocycles. The largest absolute Gasteiger partial charge is 0.480 e. The third-order valence-electron chi connectivity index (χ3n) is 3.35. The standard InChI is InChI=1S/C15H18N4O4/c1-10-7-11(19-9-16-8-17-19)3-4-12(10)14(20)18-13(15(21)22)5-6-23-2/h3-4,7-9,13H,5-6H2,1-2H3,(H,18,20)(H,21,22). The number of aliphatic carboxylic acids is 1. The summed E-state index contributed by atoms with van der Waals surface area (Å²) in [4.78, 5) is 27.3. The van der Waals surface area contributed by atoms with Crippen molar-refractivity contribution in [2.75, 3.05) is 13.7 Å². The molecule has 1 atom stereocenters. The molecule has 1 unspecified atom stereocenters. The molecule has 0 aliphatic rings. The molecular weight excluding hydrogens is 300 g/mol. The van der Waals surface area contributed by atoms with Gasteiger partial charge >= 0.3 is 5.97 Å². The van der Waals surface area contributed by atoms with Gasteiger partial charge in [-0.3, -0.25) is 4.79 Å². The van der Waals surface area contributed by atoms with E-state index >= 15 is 0 Å². The van der Waals surface area contributed by atoms with Crippen LogP contribution < -0.4 is 5.32 Å². The van der Waals surface area contributed by atoms with Crippen LogP contribution in [0.3, 0.4) is 0 Å². The quantitative estimate of drug-likeness (QED) is 0.782. The number of amides is 1. The SMILES string of the molecule is COCCC(NC(=O)c1ccc(-n2cncn2)cc1C)C(=O)O. The molecule has 0 fully saturated rings. The van der Waals surface area contributed by atoms with Gasteiger partial charge in [-0.05, 0) is 30.7 Å². The van der Waals surface area contributed by atoms with E-state index in [2.05, 4.69) is 15.4 Å². The summed E-state index contributed by atoms with van der Waals surface area (Å²) in [7, 11) is 1.48. The molecule has 0 saturated heterocycles. The van der Waals surface area contributed by atoms with Crippen molar-refractivity contribution in [3.8, 4) is 5.69 Å². The maximum Gasteiger partial charge on any atom is 0.326 e. The Morgan fingerprint density at radius 1 is 1.43 bits per heavy atom. The van der Waals surface area contributed by atoms with Crippen LogP contribution in [-0.2, 0) is 9.53 Å². The van der Waals surface area contributed by atoms with Crippen molar-refractivity contribution in [1.82, 2.24) is 20.1 Å². The van der Waals surface area contributed by atoms with E-state index in [9.17, 15) is 9.59 Å². The Balaban J connectivity index is 2.14. The van der Waals surface area contributed by atoms with E-state index < -0.39 is 17.9 Å². The molecule has 1 heterocycles. The van der Waals surface area contributed by atoms with Crippen molar-refractivity contribution in [2.45, 2.75) is 19.4 Å². The summed E-state index contributed by atoms with van der Waals surface area (Å²) in [5.41, 5.74) is 1.90. The third-order valence-corrected chi connectivity index (χ3v) is 3.35. The highest BCUT2D eigenvalue weighted by Gasteiger charge is 2.21. The molecule has 1 aromatic heterocycles. The average molecular weight is 318 g/mol. The Hall–Kier alpha value is -2.74. The van der Waals surface area contributed by atoms with Crippen LogP contribution in [0.4, 0.5) is 0 Å². The number of carboxylic acids is 1. The van der Waals surface area contributed by atoms with E-state index in [0.29, 0.717) is 11.1 Å². The molecule has 2 N–H and O–H groups in total. The van der Waals surface area contributed by atoms with Gasteiger partial charge in [0, 0.05) is 25.7 Å². The lowest BCUT2D eigenvalue weighted by molar-refractivity contribution is -0.139. The predicted molar refractivity (Wildman–Crippen MR) is 81.5 cm³/mol. The van der Waals surface area contributed by atoms with Crippen LogP contribution in [0.5, 0.6) is 0 Å². The number of nitrogens with one attached hydrogen (secondary N) is 1. The first-order valence-electron chi connectivity index (χ1n) is 7.01. The second-order valence-electron chi connectivity index (χ2n) is 4.99. The number of aromatic nitrogens is 3. The second-order valence-corrected chi connectivity index (χ2v) is 4.99. The number of benzene rings is 1. The van der Waals surface area contributed by atoms with Crippen molar-refractivity contribution in [1.29, 1.82) is 0 Å². The number of nitrogens with zero attached hydrogens (tertiary/aromatic N) is 3. The van der Waals surface area contributed by atoms with Gasteiger partial charge in [0.1, 0.15) is 18.7 Å². The number of aryl methyl sites for hydroxylation is 1. The Morgan fingerprint density at radius 2 is 2.22 bits per heavy atom. The molecule has 0 aliphatic carbocycles. The van der Waals surface area contributed by atoms with Crippen molar-refractivity contribution in [2.24, 2.45) is 0 Å². The zero-order valence-electron chi connectivity index (χ0n) is 12.9. The van der Waals surface area contributed by atoms with E-state index in [1.54, 1.807) is 36.1 Å². The monoisotopic (exact) mass is 318 g/mol. The lowest BCUT2D eigenvalue weighted by Crippen LogP contribution is -2.41. The van der Waals surface area contributed by atoms with Gasteiger partial charge in [-0.1, -0.05) is 0 Å². The number of carbonyl (C=O) groups excluding carboxylic acids is 1. The topological polar surface area (TPSA) is 106 Å². The first-order chi connectivity index (χ1) is 11.0. The lowest BCUT2D eigenvalue weighted by Gasteiger charge is -2.15. The van der Waals surface area contributed by atoms with E-state index in [4.69, 9.17) is 9.84 Å². The minimum atomic E-state index is -1.09. The van der Waals surface area contributed by atoms with Gasteiger partial charge in [-0.2, -0.15) is 5.10 Å². The number of carbonyl (C=O) groups is 2. The minimum Gasteiger partial charge on any atom is -0.480 e. The van der Waals surface area contributed by atoms with Gasteiger partial charge in [0.15, 0.2) is 0 Å². The Bertz CT molecular complexity index is 685. The summed E-state index contributed by atoms with van der Waals surface area (Å²) >= 11 is 0. The van der Waals surface area contributed by atoms with Crippen LogP contribution in [-0.4, -0.2) is 51.5 Å². The highest BCUT2D eigenvalue weighted by Crippen LogP contribution is 2.14. The van der Waals surface area contributed by atoms with Crippen molar-refractivity contribution in [3.63, 3.8) is 0 Å². The summed E-state index contributed by atoms with van der Waals surface area (Å²) < 4.78 is 6.44. The fourth-order valence-corrected chi connectivity index (χ4v) is 2.12. The number of rotatable bonds is 7. The molecule has 0 spiro atoms. The Morgan fingerprint density at radius 3 is 2.78 bits per heavy atom. The zero-order valence-corrected chi connectivity index (χ0v) is 12.9. The molecule has 2 rings (SSSR count). The summed E-state index contributed by atoms with van der Waals surface area (Å²) in [6.45, 7) is 2.03. The van der Waals surface area contributed by atoms with Crippen LogP contribution in [0.2, 0.25) is 0 Å². The fraction of sp³-hybridized carbons (Fsp3) is 0.333. The predicted octanol–water partition coefficient (Wildman–Crippen LogP) is 0.795. The number of hydrogen-bond acceptors (Lipinski definition) is 5. The second kappa shape index (κ2) is 7.50. The maximum atomic E-state index is 12.3. The van der Waals surface area contributed by atoms with Crippen LogP contribution in [0, 0.1) is 6.92 Å². The van der Waals surface area contributed by atoms with Crippen LogP contribution in [0.25, 0.3) is 5.69 Å². The number of hydrogen-bond donors (Lipinski definition) is 2.